The number of nitrogens with one attached hydrogen (secondary N) is 1. The molecule has 1 aromatic carbocycles. The number of aryl methyl sites for hydroxylation is 3. The average molecular weight is 272 g/mol. The van der Waals surface area contributed by atoms with Gasteiger partial charge in [0.15, 0.2) is 0 Å². The molecular weight excluding hydrogens is 252 g/mol. The number of benzene rings is 1. The van der Waals surface area contributed by atoms with E-state index in [0.717, 1.165) is 18.5 Å². The van der Waals surface area contributed by atoms with E-state index in [1.165, 1.54) is 5.56 Å². The Morgan fingerprint density at radius 2 is 1.95 bits per heavy atom. The second kappa shape index (κ2) is 6.37. The van der Waals surface area contributed by atoms with Crippen LogP contribution in [-0.4, -0.2) is 11.1 Å². The predicted molar refractivity (Wildman–Crippen MR) is 79.0 cm³/mol. The second-order valence-electron chi connectivity index (χ2n) is 4.82. The molecule has 2 rings (SSSR count). The molecule has 1 aromatic heterocycles. The number of rotatable bonds is 5. The SMILES string of the molecule is CCCc1ccc(NC(=O)c2c(C)noc2CC)cc1. The Balaban J connectivity index is 2.13. The number of hydrogen-bond acceptors (Lipinski definition) is 3. The van der Waals surface area contributed by atoms with Crippen molar-refractivity contribution in [1.29, 1.82) is 0 Å². The molecule has 2 aromatic rings. The van der Waals surface area contributed by atoms with Gasteiger partial charge in [0.05, 0.1) is 5.69 Å². The summed E-state index contributed by atoms with van der Waals surface area (Å²) in [5.41, 5.74) is 3.24. The van der Waals surface area contributed by atoms with Gasteiger partial charge in [-0.1, -0.05) is 37.6 Å². The Labute approximate surface area is 119 Å². The number of amides is 1. The molecule has 0 aliphatic rings. The second-order valence-corrected chi connectivity index (χ2v) is 4.82. The minimum atomic E-state index is -0.163. The maximum Gasteiger partial charge on any atom is 0.261 e. The maximum absolute atomic E-state index is 12.3. The summed E-state index contributed by atoms with van der Waals surface area (Å²) < 4.78 is 5.14. The van der Waals surface area contributed by atoms with Crippen LogP contribution in [0.1, 0.15) is 47.6 Å². The smallest absolute Gasteiger partial charge is 0.261 e. The molecular formula is C16H20N2O2. The lowest BCUT2D eigenvalue weighted by molar-refractivity contribution is 0.102. The van der Waals surface area contributed by atoms with Gasteiger partial charge in [-0.25, -0.2) is 0 Å². The number of nitrogens with zero attached hydrogens (tertiary/aromatic N) is 1. The molecule has 0 aliphatic carbocycles. The minimum absolute atomic E-state index is 0.163. The first-order valence-electron chi connectivity index (χ1n) is 7.01. The third-order valence-corrected chi connectivity index (χ3v) is 3.23. The van der Waals surface area contributed by atoms with Gasteiger partial charge in [0.25, 0.3) is 5.91 Å². The predicted octanol–water partition coefficient (Wildman–Crippen LogP) is 3.75. The molecule has 20 heavy (non-hydrogen) atoms. The van der Waals surface area contributed by atoms with Crippen molar-refractivity contribution in [2.45, 2.75) is 40.0 Å². The molecule has 0 bridgehead atoms. The molecule has 0 spiro atoms. The normalized spacial score (nSPS) is 10.6. The van der Waals surface area contributed by atoms with Crippen LogP contribution in [0.15, 0.2) is 28.8 Å². The lowest BCUT2D eigenvalue weighted by Crippen LogP contribution is -2.14. The number of hydrogen-bond donors (Lipinski definition) is 1. The highest BCUT2D eigenvalue weighted by molar-refractivity contribution is 6.05. The molecule has 0 aliphatic heterocycles. The van der Waals surface area contributed by atoms with E-state index in [-0.39, 0.29) is 5.91 Å². The van der Waals surface area contributed by atoms with Crippen molar-refractivity contribution in [3.8, 4) is 0 Å². The molecule has 1 N–H and O–H groups in total. The van der Waals surface area contributed by atoms with E-state index in [1.54, 1.807) is 6.92 Å². The molecule has 0 unspecified atom stereocenters. The van der Waals surface area contributed by atoms with E-state index in [4.69, 9.17) is 4.52 Å². The third-order valence-electron chi connectivity index (χ3n) is 3.23. The Morgan fingerprint density at radius 1 is 1.25 bits per heavy atom. The van der Waals surface area contributed by atoms with Gasteiger partial charge in [-0.05, 0) is 31.0 Å². The molecule has 0 saturated heterocycles. The standard InChI is InChI=1S/C16H20N2O2/c1-4-6-12-7-9-13(10-8-12)17-16(19)15-11(3)18-20-14(15)5-2/h7-10H,4-6H2,1-3H3,(H,17,19). The van der Waals surface area contributed by atoms with E-state index >= 15 is 0 Å². The minimum Gasteiger partial charge on any atom is -0.360 e. The zero-order valence-electron chi connectivity index (χ0n) is 12.2. The fourth-order valence-electron chi connectivity index (χ4n) is 2.19. The molecule has 1 heterocycles. The zero-order chi connectivity index (χ0) is 14.5. The van der Waals surface area contributed by atoms with Crippen LogP contribution in [0.2, 0.25) is 0 Å². The van der Waals surface area contributed by atoms with E-state index in [0.29, 0.717) is 23.4 Å². The van der Waals surface area contributed by atoms with Gasteiger partial charge < -0.3 is 9.84 Å². The summed E-state index contributed by atoms with van der Waals surface area (Å²) in [7, 11) is 0. The van der Waals surface area contributed by atoms with Crippen LogP contribution in [0.25, 0.3) is 0 Å². The van der Waals surface area contributed by atoms with Crippen LogP contribution >= 0.6 is 0 Å². The summed E-state index contributed by atoms with van der Waals surface area (Å²) in [4.78, 5) is 12.3. The summed E-state index contributed by atoms with van der Waals surface area (Å²) in [6.45, 7) is 5.87. The van der Waals surface area contributed by atoms with Crippen LogP contribution in [0.4, 0.5) is 5.69 Å². The van der Waals surface area contributed by atoms with Gasteiger partial charge >= 0.3 is 0 Å². The summed E-state index contributed by atoms with van der Waals surface area (Å²) in [6.07, 6.45) is 2.82. The van der Waals surface area contributed by atoms with Gasteiger partial charge in [-0.2, -0.15) is 0 Å². The molecule has 106 valence electrons. The van der Waals surface area contributed by atoms with Crippen molar-refractivity contribution in [2.24, 2.45) is 0 Å². The first-order chi connectivity index (χ1) is 9.65. The molecule has 4 nitrogen and oxygen atoms in total. The molecule has 0 radical (unpaired) electrons. The topological polar surface area (TPSA) is 55.1 Å². The lowest BCUT2D eigenvalue weighted by Gasteiger charge is -2.06. The van der Waals surface area contributed by atoms with Crippen LogP contribution < -0.4 is 5.32 Å². The molecule has 0 saturated carbocycles. The number of carbonyl (C=O) groups excluding carboxylic acids is 1. The monoisotopic (exact) mass is 272 g/mol. The summed E-state index contributed by atoms with van der Waals surface area (Å²) >= 11 is 0. The fraction of sp³-hybridized carbons (Fsp3) is 0.375. The lowest BCUT2D eigenvalue weighted by atomic mass is 10.1. The Morgan fingerprint density at radius 3 is 2.55 bits per heavy atom. The molecule has 1 amide bonds. The largest absolute Gasteiger partial charge is 0.360 e. The van der Waals surface area contributed by atoms with Crippen molar-refractivity contribution in [3.63, 3.8) is 0 Å². The van der Waals surface area contributed by atoms with Crippen LogP contribution in [0.3, 0.4) is 0 Å². The number of carbonyl (C=O) groups is 1. The summed E-state index contributed by atoms with van der Waals surface area (Å²) in [5, 5.41) is 6.74. The average Bonchev–Trinajstić information content (AvgIpc) is 2.82. The van der Waals surface area contributed by atoms with Gasteiger partial charge in [-0.3, -0.25) is 4.79 Å². The van der Waals surface area contributed by atoms with Gasteiger partial charge in [0.2, 0.25) is 0 Å². The summed E-state index contributed by atoms with van der Waals surface area (Å²) in [5.74, 6) is 0.464. The molecule has 0 atom stereocenters. The van der Waals surface area contributed by atoms with Crippen LogP contribution in [0.5, 0.6) is 0 Å². The highest BCUT2D eigenvalue weighted by atomic mass is 16.5. The fourth-order valence-corrected chi connectivity index (χ4v) is 2.19. The van der Waals surface area contributed by atoms with E-state index < -0.39 is 0 Å². The van der Waals surface area contributed by atoms with Crippen LogP contribution in [0, 0.1) is 6.92 Å². The van der Waals surface area contributed by atoms with Crippen molar-refractivity contribution < 1.29 is 9.32 Å². The first-order valence-corrected chi connectivity index (χ1v) is 7.01. The van der Waals surface area contributed by atoms with Gasteiger partial charge in [0.1, 0.15) is 11.3 Å². The van der Waals surface area contributed by atoms with Crippen LogP contribution in [-0.2, 0) is 12.8 Å². The quantitative estimate of drug-likeness (QED) is 0.901. The van der Waals surface area contributed by atoms with Gasteiger partial charge in [-0.15, -0.1) is 0 Å². The highest BCUT2D eigenvalue weighted by Gasteiger charge is 2.19. The van der Waals surface area contributed by atoms with Crippen molar-refractivity contribution in [1.82, 2.24) is 5.16 Å². The van der Waals surface area contributed by atoms with E-state index in [2.05, 4.69) is 17.4 Å². The summed E-state index contributed by atoms with van der Waals surface area (Å²) in [6, 6.07) is 7.94. The van der Waals surface area contributed by atoms with Gasteiger partial charge in [0, 0.05) is 12.1 Å². The van der Waals surface area contributed by atoms with Crippen molar-refractivity contribution in [2.75, 3.05) is 5.32 Å². The van der Waals surface area contributed by atoms with E-state index in [9.17, 15) is 4.79 Å². The highest BCUT2D eigenvalue weighted by Crippen LogP contribution is 2.17. The Hall–Kier alpha value is -2.10. The van der Waals surface area contributed by atoms with Crippen molar-refractivity contribution in [3.05, 3.63) is 46.8 Å². The third kappa shape index (κ3) is 3.07. The van der Waals surface area contributed by atoms with E-state index in [1.807, 2.05) is 31.2 Å². The zero-order valence-corrected chi connectivity index (χ0v) is 12.2. The first kappa shape index (κ1) is 14.3. The Kier molecular flexibility index (Phi) is 4.56. The molecule has 0 fully saturated rings. The maximum atomic E-state index is 12.3. The van der Waals surface area contributed by atoms with Crippen molar-refractivity contribution >= 4 is 11.6 Å². The number of aromatic nitrogens is 1. The molecule has 4 heteroatoms. The number of anilines is 1. The Bertz CT molecular complexity index is 585.